The zero-order valence-corrected chi connectivity index (χ0v) is 49.1. The van der Waals surface area contributed by atoms with Gasteiger partial charge in [0.1, 0.15) is 13.2 Å². The molecule has 0 aromatic carbocycles. The van der Waals surface area contributed by atoms with Gasteiger partial charge in [-0.15, -0.1) is 0 Å². The minimum absolute atomic E-state index is 0.0825. The first-order chi connectivity index (χ1) is 36.5. The minimum Gasteiger partial charge on any atom is -0.462 e. The Hall–Kier alpha value is -3.15. The summed E-state index contributed by atoms with van der Waals surface area (Å²) in [7, 11) is 0. The molecule has 6 nitrogen and oxygen atoms in total. The topological polar surface area (TPSA) is 78.9 Å². The van der Waals surface area contributed by atoms with E-state index < -0.39 is 6.10 Å². The van der Waals surface area contributed by atoms with Gasteiger partial charge in [0, 0.05) is 19.3 Å². The molecule has 0 aromatic heterocycles. The van der Waals surface area contributed by atoms with Crippen LogP contribution in [0.4, 0.5) is 0 Å². The van der Waals surface area contributed by atoms with E-state index in [1.165, 1.54) is 161 Å². The molecule has 6 heteroatoms. The van der Waals surface area contributed by atoms with Gasteiger partial charge in [0.05, 0.1) is 0 Å². The summed E-state index contributed by atoms with van der Waals surface area (Å²) in [5.74, 6) is -0.895. The molecule has 0 saturated heterocycles. The van der Waals surface area contributed by atoms with Crippen molar-refractivity contribution in [2.24, 2.45) is 0 Å². The molecule has 0 N–H and O–H groups in total. The fourth-order valence-electron chi connectivity index (χ4n) is 9.24. The zero-order chi connectivity index (χ0) is 53.6. The molecule has 0 radical (unpaired) electrons. The van der Waals surface area contributed by atoms with Gasteiger partial charge in [0.25, 0.3) is 0 Å². The summed E-state index contributed by atoms with van der Waals surface area (Å²) in [5.41, 5.74) is 0. The second-order valence-electron chi connectivity index (χ2n) is 21.3. The van der Waals surface area contributed by atoms with Gasteiger partial charge in [-0.05, 0) is 83.5 Å². The summed E-state index contributed by atoms with van der Waals surface area (Å²) in [5, 5.41) is 0. The molecule has 0 heterocycles. The first-order valence-corrected chi connectivity index (χ1v) is 31.9. The number of esters is 3. The van der Waals surface area contributed by atoms with Crippen molar-refractivity contribution in [3.05, 3.63) is 72.9 Å². The number of carbonyl (C=O) groups is 3. The summed E-state index contributed by atoms with van der Waals surface area (Å²) >= 11 is 0. The van der Waals surface area contributed by atoms with Gasteiger partial charge >= 0.3 is 17.9 Å². The Kier molecular flexibility index (Phi) is 59.7. The molecule has 0 rings (SSSR count). The van der Waals surface area contributed by atoms with E-state index in [1.54, 1.807) is 0 Å². The van der Waals surface area contributed by atoms with Gasteiger partial charge in [0.2, 0.25) is 0 Å². The van der Waals surface area contributed by atoms with Crippen molar-refractivity contribution in [3.63, 3.8) is 0 Å². The van der Waals surface area contributed by atoms with Crippen LogP contribution in [-0.2, 0) is 28.6 Å². The lowest BCUT2D eigenvalue weighted by molar-refractivity contribution is -0.167. The van der Waals surface area contributed by atoms with E-state index in [4.69, 9.17) is 14.2 Å². The Labute approximate surface area is 459 Å². The summed E-state index contributed by atoms with van der Waals surface area (Å²) in [4.78, 5) is 38.3. The Balaban J connectivity index is 4.31. The van der Waals surface area contributed by atoms with Gasteiger partial charge in [0.15, 0.2) is 6.10 Å². The van der Waals surface area contributed by atoms with Crippen LogP contribution in [0.25, 0.3) is 0 Å². The normalized spacial score (nSPS) is 12.5. The fraction of sp³-hybridized carbons (Fsp3) is 0.779. The lowest BCUT2D eigenvalue weighted by Crippen LogP contribution is -2.30. The molecule has 0 bridgehead atoms. The third-order valence-electron chi connectivity index (χ3n) is 14.0. The van der Waals surface area contributed by atoms with Crippen molar-refractivity contribution in [1.82, 2.24) is 0 Å². The maximum absolute atomic E-state index is 12.9. The Morgan fingerprint density at radius 1 is 0.284 bits per heavy atom. The zero-order valence-electron chi connectivity index (χ0n) is 49.1. The second-order valence-corrected chi connectivity index (χ2v) is 21.3. The van der Waals surface area contributed by atoms with Crippen molar-refractivity contribution in [3.8, 4) is 0 Å². The van der Waals surface area contributed by atoms with Crippen LogP contribution < -0.4 is 0 Å². The van der Waals surface area contributed by atoms with Crippen molar-refractivity contribution in [2.45, 2.75) is 329 Å². The maximum atomic E-state index is 12.9. The molecule has 0 aliphatic carbocycles. The summed E-state index contributed by atoms with van der Waals surface area (Å²) < 4.78 is 16.9. The van der Waals surface area contributed by atoms with Crippen LogP contribution in [0.1, 0.15) is 323 Å². The van der Waals surface area contributed by atoms with Gasteiger partial charge in [-0.25, -0.2) is 0 Å². The second kappa shape index (κ2) is 62.4. The van der Waals surface area contributed by atoms with Crippen LogP contribution in [0.15, 0.2) is 72.9 Å². The van der Waals surface area contributed by atoms with Crippen LogP contribution >= 0.6 is 0 Å². The molecule has 0 aliphatic rings. The Morgan fingerprint density at radius 3 is 0.824 bits per heavy atom. The van der Waals surface area contributed by atoms with Gasteiger partial charge in [-0.3, -0.25) is 14.4 Å². The molecule has 1 atom stereocenters. The molecule has 0 fully saturated rings. The SMILES string of the molecule is CC/C=C\C/C=C\C/C=C\CCCCCCCCCC(=O)OC(COC(=O)CCCCCCC/C=C\C/C=C\C/C=C\CC)COC(=O)CCCCCCCCCCCCCCCCCCCCCCCCCC. The summed E-state index contributed by atoms with van der Waals surface area (Å²) in [6.45, 7) is 6.44. The lowest BCUT2D eigenvalue weighted by atomic mass is 10.0. The number of hydrogen-bond acceptors (Lipinski definition) is 6. The number of rotatable bonds is 58. The lowest BCUT2D eigenvalue weighted by Gasteiger charge is -2.18. The largest absolute Gasteiger partial charge is 0.462 e. The molecule has 0 amide bonds. The molecule has 0 saturated carbocycles. The van der Waals surface area contributed by atoms with Gasteiger partial charge in [-0.1, -0.05) is 293 Å². The predicted molar refractivity (Wildman–Crippen MR) is 321 cm³/mol. The highest BCUT2D eigenvalue weighted by Crippen LogP contribution is 2.17. The van der Waals surface area contributed by atoms with Crippen molar-refractivity contribution in [2.75, 3.05) is 13.2 Å². The highest BCUT2D eigenvalue weighted by Gasteiger charge is 2.19. The van der Waals surface area contributed by atoms with Crippen molar-refractivity contribution in [1.29, 1.82) is 0 Å². The van der Waals surface area contributed by atoms with Gasteiger partial charge in [-0.2, -0.15) is 0 Å². The molecule has 0 aromatic rings. The van der Waals surface area contributed by atoms with Crippen LogP contribution in [-0.4, -0.2) is 37.2 Å². The average molecular weight is 1030 g/mol. The molecule has 428 valence electrons. The van der Waals surface area contributed by atoms with E-state index in [1.807, 2.05) is 0 Å². The van der Waals surface area contributed by atoms with Crippen LogP contribution in [0.3, 0.4) is 0 Å². The molecule has 0 aliphatic heterocycles. The highest BCUT2D eigenvalue weighted by atomic mass is 16.6. The molecular weight excluding hydrogens is 913 g/mol. The van der Waals surface area contributed by atoms with Crippen LogP contribution in [0, 0.1) is 0 Å². The Bertz CT molecular complexity index is 1370. The highest BCUT2D eigenvalue weighted by molar-refractivity contribution is 5.71. The van der Waals surface area contributed by atoms with E-state index in [9.17, 15) is 14.4 Å². The monoisotopic (exact) mass is 1030 g/mol. The van der Waals surface area contributed by atoms with E-state index in [-0.39, 0.29) is 31.1 Å². The third-order valence-corrected chi connectivity index (χ3v) is 14.0. The number of allylic oxidation sites excluding steroid dienone is 12. The average Bonchev–Trinajstić information content (AvgIpc) is 3.40. The van der Waals surface area contributed by atoms with E-state index in [0.29, 0.717) is 19.3 Å². The standard InChI is InChI=1S/C68H120O6/c1-4-7-10-13-16-19-22-25-28-30-31-32-33-34-35-36-38-40-43-46-49-52-55-58-61-67(70)73-64-65(63-72-66(69)60-57-54-51-48-45-42-39-27-24-21-18-15-12-9-6-3)74-68(71)62-59-56-53-50-47-44-41-37-29-26-23-20-17-14-11-8-5-2/h8-9,11-12,17-18,20-21,26-27,29,39,65H,4-7,10,13-16,19,22-25,28,30-38,40-64H2,1-3H3/b11-8-,12-9-,20-17-,21-18-,29-26-,39-27-. The maximum Gasteiger partial charge on any atom is 0.306 e. The van der Waals surface area contributed by atoms with E-state index in [0.717, 1.165) is 122 Å². The minimum atomic E-state index is -0.788. The smallest absolute Gasteiger partial charge is 0.306 e. The fourth-order valence-corrected chi connectivity index (χ4v) is 9.24. The quantitative estimate of drug-likeness (QED) is 0.0261. The van der Waals surface area contributed by atoms with Crippen LogP contribution in [0.5, 0.6) is 0 Å². The van der Waals surface area contributed by atoms with Crippen molar-refractivity contribution >= 4 is 17.9 Å². The van der Waals surface area contributed by atoms with Crippen molar-refractivity contribution < 1.29 is 28.6 Å². The summed E-state index contributed by atoms with van der Waals surface area (Å²) in [6, 6.07) is 0. The number of unbranched alkanes of at least 4 members (excludes halogenated alkanes) is 35. The molecule has 1 unspecified atom stereocenters. The Morgan fingerprint density at radius 2 is 0.527 bits per heavy atom. The number of carbonyl (C=O) groups excluding carboxylic acids is 3. The first-order valence-electron chi connectivity index (χ1n) is 31.9. The molecule has 74 heavy (non-hydrogen) atoms. The van der Waals surface area contributed by atoms with E-state index >= 15 is 0 Å². The van der Waals surface area contributed by atoms with E-state index in [2.05, 4.69) is 93.7 Å². The number of hydrogen-bond donors (Lipinski definition) is 0. The third kappa shape index (κ3) is 59.7. The summed E-state index contributed by atoms with van der Waals surface area (Å²) in [6.07, 6.45) is 80.6. The van der Waals surface area contributed by atoms with Crippen LogP contribution in [0.2, 0.25) is 0 Å². The van der Waals surface area contributed by atoms with Gasteiger partial charge < -0.3 is 14.2 Å². The molecule has 0 spiro atoms. The first kappa shape index (κ1) is 70.8. The molecular formula is C68H120O6. The number of ether oxygens (including phenoxy) is 3. The predicted octanol–water partition coefficient (Wildman–Crippen LogP) is 21.7.